The third-order valence-corrected chi connectivity index (χ3v) is 3.37. The minimum atomic E-state index is -1.12. The van der Waals surface area contributed by atoms with Crippen molar-refractivity contribution in [1.82, 2.24) is 0 Å². The third-order valence-electron chi connectivity index (χ3n) is 3.37. The zero-order valence-electron chi connectivity index (χ0n) is 14.9. The van der Waals surface area contributed by atoms with Gasteiger partial charge in [-0.15, -0.1) is 0 Å². The summed E-state index contributed by atoms with van der Waals surface area (Å²) >= 11 is 0. The van der Waals surface area contributed by atoms with Crippen LogP contribution in [0.4, 0.5) is 14.5 Å². The summed E-state index contributed by atoms with van der Waals surface area (Å²) in [5, 5.41) is 2.35. The van der Waals surface area contributed by atoms with Crippen molar-refractivity contribution in [3.63, 3.8) is 0 Å². The number of amides is 1. The average Bonchev–Trinajstić information content (AvgIpc) is 2.61. The average molecular weight is 365 g/mol. The van der Waals surface area contributed by atoms with Crippen LogP contribution in [0.2, 0.25) is 0 Å². The van der Waals surface area contributed by atoms with Crippen molar-refractivity contribution < 1.29 is 27.8 Å². The Balaban J connectivity index is 2.40. The van der Waals surface area contributed by atoms with Crippen LogP contribution in [-0.2, 0) is 0 Å². The second-order valence-corrected chi connectivity index (χ2v) is 5.16. The molecule has 0 radical (unpaired) electrons. The summed E-state index contributed by atoms with van der Waals surface area (Å²) in [5.41, 5.74) is -0.0798. The van der Waals surface area contributed by atoms with Crippen LogP contribution in [0.1, 0.15) is 31.1 Å². The molecule has 0 aromatic heterocycles. The number of hydrogen-bond acceptors (Lipinski definition) is 4. The molecule has 0 aliphatic rings. The lowest BCUT2D eigenvalue weighted by atomic mass is 10.1. The number of ether oxygens (including phenoxy) is 3. The van der Waals surface area contributed by atoms with Crippen LogP contribution < -0.4 is 19.5 Å². The maximum atomic E-state index is 13.8. The molecule has 0 atom stereocenters. The summed E-state index contributed by atoms with van der Waals surface area (Å²) in [7, 11) is 0. The number of hydrogen-bond donors (Lipinski definition) is 1. The Morgan fingerprint density at radius 1 is 0.962 bits per heavy atom. The first-order valence-corrected chi connectivity index (χ1v) is 8.33. The monoisotopic (exact) mass is 365 g/mol. The van der Waals surface area contributed by atoms with Gasteiger partial charge < -0.3 is 19.5 Å². The summed E-state index contributed by atoms with van der Waals surface area (Å²) < 4.78 is 43.8. The van der Waals surface area contributed by atoms with E-state index in [-0.39, 0.29) is 11.3 Å². The Hall–Kier alpha value is -2.83. The number of rotatable bonds is 8. The first kappa shape index (κ1) is 19.5. The number of halogens is 2. The van der Waals surface area contributed by atoms with Gasteiger partial charge in [0, 0.05) is 5.56 Å². The van der Waals surface area contributed by atoms with Gasteiger partial charge in [0.05, 0.1) is 25.5 Å². The summed E-state index contributed by atoms with van der Waals surface area (Å²) in [4.78, 5) is 12.5. The molecule has 1 N–H and O–H groups in total. The van der Waals surface area contributed by atoms with Gasteiger partial charge in [-0.25, -0.2) is 8.78 Å². The highest BCUT2D eigenvalue weighted by atomic mass is 19.2. The standard InChI is InChI=1S/C19H21F2NO4/c1-4-24-15-10-12(11-16(25-5-2)18(15)26-6-3)19(23)22-14-9-7-8-13(20)17(14)21/h7-11H,4-6H2,1-3H3,(H,22,23). The van der Waals surface area contributed by atoms with Crippen molar-refractivity contribution in [3.05, 3.63) is 47.5 Å². The molecule has 0 unspecified atom stereocenters. The summed E-state index contributed by atoms with van der Waals surface area (Å²) in [6.45, 7) is 6.51. The van der Waals surface area contributed by atoms with Crippen LogP contribution in [0.5, 0.6) is 17.2 Å². The van der Waals surface area contributed by atoms with Crippen molar-refractivity contribution in [2.75, 3.05) is 25.1 Å². The van der Waals surface area contributed by atoms with Crippen LogP contribution in [-0.4, -0.2) is 25.7 Å². The molecule has 140 valence electrons. The zero-order chi connectivity index (χ0) is 19.1. The summed E-state index contributed by atoms with van der Waals surface area (Å²) in [6.07, 6.45) is 0. The lowest BCUT2D eigenvalue weighted by Crippen LogP contribution is -2.14. The van der Waals surface area contributed by atoms with Gasteiger partial charge in [-0.05, 0) is 45.0 Å². The molecule has 7 heteroatoms. The fraction of sp³-hybridized carbons (Fsp3) is 0.316. The van der Waals surface area contributed by atoms with Crippen LogP contribution in [0.25, 0.3) is 0 Å². The van der Waals surface area contributed by atoms with Crippen molar-refractivity contribution in [1.29, 1.82) is 0 Å². The van der Waals surface area contributed by atoms with E-state index in [2.05, 4.69) is 5.32 Å². The fourth-order valence-corrected chi connectivity index (χ4v) is 2.31. The van der Waals surface area contributed by atoms with Crippen LogP contribution in [0.15, 0.2) is 30.3 Å². The molecule has 0 aliphatic heterocycles. The van der Waals surface area contributed by atoms with Gasteiger partial charge in [0.1, 0.15) is 0 Å². The Morgan fingerprint density at radius 2 is 1.54 bits per heavy atom. The second kappa shape index (κ2) is 9.03. The molecular formula is C19H21F2NO4. The number of anilines is 1. The molecule has 2 aromatic rings. The van der Waals surface area contributed by atoms with Gasteiger partial charge in [0.15, 0.2) is 23.1 Å². The molecular weight excluding hydrogens is 344 g/mol. The highest BCUT2D eigenvalue weighted by molar-refractivity contribution is 6.05. The van der Waals surface area contributed by atoms with E-state index < -0.39 is 17.5 Å². The van der Waals surface area contributed by atoms with E-state index in [1.807, 2.05) is 6.92 Å². The Labute approximate surface area is 150 Å². The van der Waals surface area contributed by atoms with Crippen molar-refractivity contribution in [2.24, 2.45) is 0 Å². The minimum absolute atomic E-state index is 0.170. The molecule has 2 rings (SSSR count). The molecule has 2 aromatic carbocycles. The smallest absolute Gasteiger partial charge is 0.256 e. The van der Waals surface area contributed by atoms with Gasteiger partial charge >= 0.3 is 0 Å². The molecule has 0 saturated carbocycles. The van der Waals surface area contributed by atoms with Gasteiger partial charge in [-0.2, -0.15) is 0 Å². The maximum absolute atomic E-state index is 13.8. The van der Waals surface area contributed by atoms with Crippen molar-refractivity contribution in [2.45, 2.75) is 20.8 Å². The molecule has 0 heterocycles. The fourth-order valence-electron chi connectivity index (χ4n) is 2.31. The van der Waals surface area contributed by atoms with E-state index in [1.165, 1.54) is 24.3 Å². The normalized spacial score (nSPS) is 10.3. The number of carbonyl (C=O) groups is 1. The molecule has 1 amide bonds. The Kier molecular flexibility index (Phi) is 6.77. The van der Waals surface area contributed by atoms with E-state index in [4.69, 9.17) is 14.2 Å². The molecule has 5 nitrogen and oxygen atoms in total. The Morgan fingerprint density at radius 3 is 2.08 bits per heavy atom. The number of nitrogens with one attached hydrogen (secondary N) is 1. The quantitative estimate of drug-likeness (QED) is 0.753. The van der Waals surface area contributed by atoms with Crippen LogP contribution in [0.3, 0.4) is 0 Å². The minimum Gasteiger partial charge on any atom is -0.490 e. The number of benzene rings is 2. The molecule has 0 fully saturated rings. The van der Waals surface area contributed by atoms with Crippen molar-refractivity contribution in [3.8, 4) is 17.2 Å². The lowest BCUT2D eigenvalue weighted by Gasteiger charge is -2.17. The maximum Gasteiger partial charge on any atom is 0.256 e. The predicted octanol–water partition coefficient (Wildman–Crippen LogP) is 4.41. The first-order valence-electron chi connectivity index (χ1n) is 8.33. The number of carbonyl (C=O) groups excluding carboxylic acids is 1. The SMILES string of the molecule is CCOc1cc(C(=O)Nc2cccc(F)c2F)cc(OCC)c1OCC. The zero-order valence-corrected chi connectivity index (χ0v) is 14.9. The first-order chi connectivity index (χ1) is 12.5. The third kappa shape index (κ3) is 4.41. The van der Waals surface area contributed by atoms with Crippen LogP contribution in [0, 0.1) is 11.6 Å². The van der Waals surface area contributed by atoms with E-state index in [1.54, 1.807) is 13.8 Å². The van der Waals surface area contributed by atoms with Gasteiger partial charge in [-0.3, -0.25) is 4.79 Å². The second-order valence-electron chi connectivity index (χ2n) is 5.16. The lowest BCUT2D eigenvalue weighted by molar-refractivity contribution is 0.102. The predicted molar refractivity (Wildman–Crippen MR) is 94.3 cm³/mol. The van der Waals surface area contributed by atoms with E-state index in [9.17, 15) is 13.6 Å². The summed E-state index contributed by atoms with van der Waals surface area (Å²) in [5.74, 6) is -1.72. The van der Waals surface area contributed by atoms with Crippen LogP contribution >= 0.6 is 0 Å². The van der Waals surface area contributed by atoms with Gasteiger partial charge in [0.25, 0.3) is 5.91 Å². The van der Waals surface area contributed by atoms with Gasteiger partial charge in [-0.1, -0.05) is 6.07 Å². The van der Waals surface area contributed by atoms with E-state index in [0.29, 0.717) is 37.1 Å². The molecule has 0 spiro atoms. The van der Waals surface area contributed by atoms with Gasteiger partial charge in [0.2, 0.25) is 5.75 Å². The summed E-state index contributed by atoms with van der Waals surface area (Å²) in [6, 6.07) is 6.51. The topological polar surface area (TPSA) is 56.8 Å². The largest absolute Gasteiger partial charge is 0.490 e. The molecule has 0 saturated heterocycles. The molecule has 0 aliphatic carbocycles. The molecule has 26 heavy (non-hydrogen) atoms. The highest BCUT2D eigenvalue weighted by Crippen LogP contribution is 2.39. The van der Waals surface area contributed by atoms with E-state index >= 15 is 0 Å². The van der Waals surface area contributed by atoms with E-state index in [0.717, 1.165) is 6.07 Å². The molecule has 0 bridgehead atoms. The highest BCUT2D eigenvalue weighted by Gasteiger charge is 2.19. The van der Waals surface area contributed by atoms with Crippen molar-refractivity contribution >= 4 is 11.6 Å². The Bertz CT molecular complexity index is 753.